The van der Waals surface area contributed by atoms with Crippen molar-refractivity contribution >= 4 is 39.8 Å². The van der Waals surface area contributed by atoms with Crippen LogP contribution in [0.2, 0.25) is 6.04 Å². The molecule has 0 spiro atoms. The number of rotatable bonds is 7. The number of hydrogen-bond acceptors (Lipinski definition) is 8. The summed E-state index contributed by atoms with van der Waals surface area (Å²) in [6, 6.07) is 6.83. The van der Waals surface area contributed by atoms with Gasteiger partial charge in [0, 0.05) is 35.2 Å². The monoisotopic (exact) mass is 596 g/mol. The Labute approximate surface area is 239 Å². The molecule has 0 radical (unpaired) electrons. The van der Waals surface area contributed by atoms with Crippen LogP contribution in [0.3, 0.4) is 0 Å². The van der Waals surface area contributed by atoms with Gasteiger partial charge in [0.2, 0.25) is 11.5 Å². The second-order valence-corrected chi connectivity index (χ2v) is 10.6. The fraction of sp³-hybridized carbons (Fsp3) is 0.231. The van der Waals surface area contributed by atoms with Crippen molar-refractivity contribution in [3.63, 3.8) is 0 Å². The van der Waals surface area contributed by atoms with Crippen LogP contribution in [0.15, 0.2) is 69.7 Å². The van der Waals surface area contributed by atoms with Crippen molar-refractivity contribution in [3.05, 3.63) is 87.3 Å². The molecule has 216 valence electrons. The number of alkyl halides is 3. The van der Waals surface area contributed by atoms with Crippen LogP contribution in [0, 0.1) is 0 Å². The van der Waals surface area contributed by atoms with E-state index < -0.39 is 35.1 Å². The van der Waals surface area contributed by atoms with E-state index in [1.54, 1.807) is 31.4 Å². The Morgan fingerprint density at radius 3 is 2.55 bits per heavy atom. The molecule has 0 aliphatic carbocycles. The topological polar surface area (TPSA) is 137 Å². The van der Waals surface area contributed by atoms with Crippen molar-refractivity contribution in [2.45, 2.75) is 24.8 Å². The van der Waals surface area contributed by atoms with Crippen LogP contribution in [0.25, 0.3) is 11.3 Å². The molecule has 5 rings (SSSR count). The molecule has 5 heterocycles. The van der Waals surface area contributed by atoms with Gasteiger partial charge in [0.25, 0.3) is 5.91 Å². The molecule has 1 aliphatic rings. The number of nitrogens with zero attached hydrogens (tertiary/aromatic N) is 8. The van der Waals surface area contributed by atoms with E-state index in [1.807, 2.05) is 0 Å². The third-order valence-electron chi connectivity index (χ3n) is 7.02. The first kappa shape index (κ1) is 28.7. The maximum atomic E-state index is 13.7. The lowest BCUT2D eigenvalue weighted by molar-refractivity contribution is -0.141. The molecule has 16 heteroatoms. The van der Waals surface area contributed by atoms with Crippen molar-refractivity contribution in [3.8, 4) is 11.3 Å². The molecule has 0 bridgehead atoms. The minimum atomic E-state index is -4.58. The lowest BCUT2D eigenvalue weighted by atomic mass is 10.2. The van der Waals surface area contributed by atoms with Crippen molar-refractivity contribution in [1.29, 1.82) is 0 Å². The maximum Gasteiger partial charge on any atom is 0.433 e. The number of aromatic nitrogens is 6. The van der Waals surface area contributed by atoms with Gasteiger partial charge in [-0.25, -0.2) is 18.8 Å². The van der Waals surface area contributed by atoms with Crippen molar-refractivity contribution < 1.29 is 18.0 Å². The van der Waals surface area contributed by atoms with E-state index in [0.717, 1.165) is 16.8 Å². The number of halogens is 3. The lowest BCUT2D eigenvalue weighted by Gasteiger charge is -2.32. The molecule has 1 unspecified atom stereocenters. The first-order valence-corrected chi connectivity index (χ1v) is 14.2. The van der Waals surface area contributed by atoms with Crippen molar-refractivity contribution in [1.82, 2.24) is 33.6 Å². The third kappa shape index (κ3) is 5.16. The predicted octanol–water partition coefficient (Wildman–Crippen LogP) is 1.26. The maximum absolute atomic E-state index is 13.7. The van der Waals surface area contributed by atoms with Gasteiger partial charge in [0.1, 0.15) is 5.69 Å². The van der Waals surface area contributed by atoms with Crippen LogP contribution in [-0.2, 0) is 24.6 Å². The highest BCUT2D eigenvalue weighted by atomic mass is 28.1. The first-order chi connectivity index (χ1) is 19.9. The molecular formula is C26H25F3N9O3Si+. The number of aliphatic imine (C=N–C) groups is 1. The largest absolute Gasteiger partial charge is 0.433 e. The SMILES string of the molecule is Cn1c2c(c(=O)n(Cc3ccccn3)c1=O)[N+](C)([C@@H](C[SiH3])C(=O)Nc1cncc(-c3ccc(C(F)(F)F)nc3)n1)C=N2. The van der Waals surface area contributed by atoms with Gasteiger partial charge in [-0.15, -0.1) is 0 Å². The number of amides is 1. The molecule has 1 amide bonds. The summed E-state index contributed by atoms with van der Waals surface area (Å²) in [6.45, 7) is -0.0570. The zero-order chi connectivity index (χ0) is 30.2. The van der Waals surface area contributed by atoms with Crippen LogP contribution in [0.5, 0.6) is 0 Å². The minimum absolute atomic E-state index is 0.0570. The van der Waals surface area contributed by atoms with Crippen molar-refractivity contribution in [2.75, 3.05) is 12.4 Å². The molecular weight excluding hydrogens is 571 g/mol. The van der Waals surface area contributed by atoms with E-state index in [2.05, 4.69) is 30.2 Å². The summed E-state index contributed by atoms with van der Waals surface area (Å²) >= 11 is 0. The van der Waals surface area contributed by atoms with Crippen LogP contribution in [0.4, 0.5) is 30.5 Å². The number of nitrogens with one attached hydrogen (secondary N) is 1. The van der Waals surface area contributed by atoms with Gasteiger partial charge in [-0.1, -0.05) is 6.07 Å². The van der Waals surface area contributed by atoms with E-state index in [1.165, 1.54) is 36.4 Å². The van der Waals surface area contributed by atoms with E-state index in [-0.39, 0.29) is 39.6 Å². The number of anilines is 1. The zero-order valence-corrected chi connectivity index (χ0v) is 24.7. The van der Waals surface area contributed by atoms with Crippen molar-refractivity contribution in [2.24, 2.45) is 12.0 Å². The van der Waals surface area contributed by atoms with Gasteiger partial charge >= 0.3 is 17.4 Å². The zero-order valence-electron chi connectivity index (χ0n) is 22.7. The van der Waals surface area contributed by atoms with Gasteiger partial charge < -0.3 is 5.32 Å². The number of pyridine rings is 2. The molecule has 4 aromatic rings. The van der Waals surface area contributed by atoms with E-state index in [9.17, 15) is 27.6 Å². The highest BCUT2D eigenvalue weighted by molar-refractivity contribution is 6.14. The van der Waals surface area contributed by atoms with E-state index >= 15 is 0 Å². The van der Waals surface area contributed by atoms with Crippen LogP contribution in [-0.4, -0.2) is 64.6 Å². The minimum Gasteiger partial charge on any atom is -0.304 e. The highest BCUT2D eigenvalue weighted by Gasteiger charge is 2.47. The molecule has 4 aromatic heterocycles. The summed E-state index contributed by atoms with van der Waals surface area (Å²) in [6.07, 6.45) is 2.13. The normalized spacial score (nSPS) is 16.8. The average molecular weight is 597 g/mol. The number of quaternary nitrogens is 1. The summed E-state index contributed by atoms with van der Waals surface area (Å²) in [4.78, 5) is 60.9. The Kier molecular flexibility index (Phi) is 7.42. The van der Waals surface area contributed by atoms with Gasteiger partial charge in [0.05, 0.1) is 37.4 Å². The second kappa shape index (κ2) is 10.9. The Balaban J connectivity index is 1.45. The molecule has 12 nitrogen and oxygen atoms in total. The fourth-order valence-corrected chi connectivity index (χ4v) is 6.00. The quantitative estimate of drug-likeness (QED) is 0.251. The first-order valence-electron chi connectivity index (χ1n) is 12.8. The number of hydrogen-bond donors (Lipinski definition) is 1. The fourth-order valence-electron chi connectivity index (χ4n) is 4.87. The number of carbonyl (C=O) groups excluding carboxylic acids is 1. The van der Waals surface area contributed by atoms with Crippen LogP contribution >= 0.6 is 0 Å². The summed E-state index contributed by atoms with van der Waals surface area (Å²) in [5.74, 6) is -0.254. The Morgan fingerprint density at radius 2 is 1.90 bits per heavy atom. The lowest BCUT2D eigenvalue weighted by Crippen LogP contribution is -2.59. The summed E-state index contributed by atoms with van der Waals surface area (Å²) in [5, 5.41) is 2.72. The number of fused-ring (bicyclic) bond motifs is 1. The molecule has 1 aliphatic heterocycles. The Morgan fingerprint density at radius 1 is 1.12 bits per heavy atom. The molecule has 1 N–H and O–H groups in total. The molecule has 0 aromatic carbocycles. The van der Waals surface area contributed by atoms with E-state index in [4.69, 9.17) is 0 Å². The third-order valence-corrected chi connectivity index (χ3v) is 7.79. The molecule has 42 heavy (non-hydrogen) atoms. The highest BCUT2D eigenvalue weighted by Crippen LogP contribution is 2.35. The van der Waals surface area contributed by atoms with Gasteiger partial charge in [0.15, 0.2) is 18.2 Å². The second-order valence-electron chi connectivity index (χ2n) is 9.75. The summed E-state index contributed by atoms with van der Waals surface area (Å²) in [7, 11) is 3.76. The smallest absolute Gasteiger partial charge is 0.304 e. The van der Waals surface area contributed by atoms with Gasteiger partial charge in [-0.2, -0.15) is 18.2 Å². The molecule has 0 fully saturated rings. The summed E-state index contributed by atoms with van der Waals surface area (Å²) in [5.41, 5.74) is -1.02. The van der Waals surface area contributed by atoms with Crippen LogP contribution < -0.4 is 21.0 Å². The standard InChI is InChI=1S/C26H24F3N9O3Si/c1-36-22-21(24(40)37(25(36)41)12-16-5-3-4-8-31-16)38(2,14-33-22)18(13-42)23(39)35-20-11-30-10-17(34-20)15-6-7-19(32-9-15)26(27,28)29/h3-11,14,18H,12-13H2,1-2,42H3/p+1/t18-,38?/m0/s1. The van der Waals surface area contributed by atoms with E-state index in [0.29, 0.717) is 22.0 Å². The average Bonchev–Trinajstić information content (AvgIpc) is 3.32. The molecule has 0 saturated heterocycles. The van der Waals surface area contributed by atoms with Gasteiger partial charge in [-0.3, -0.25) is 29.1 Å². The van der Waals surface area contributed by atoms with Crippen LogP contribution in [0.1, 0.15) is 11.4 Å². The number of carbonyl (C=O) groups is 1. The molecule has 0 saturated carbocycles. The molecule has 2 atom stereocenters. The number of likely N-dealkylation sites (N-methyl/N-ethyl adjacent to an activating group) is 1. The Hall–Kier alpha value is -4.83. The Bertz CT molecular complexity index is 1810. The van der Waals surface area contributed by atoms with Gasteiger partial charge in [-0.05, 0) is 30.3 Å². The summed E-state index contributed by atoms with van der Waals surface area (Å²) < 4.78 is 40.7. The predicted molar refractivity (Wildman–Crippen MR) is 153 cm³/mol.